The molecule has 3 heterocycles. The normalized spacial score (nSPS) is 20.3. The molecule has 0 spiro atoms. The molecule has 0 aromatic heterocycles. The molecule has 1 unspecified atom stereocenters. The number of ether oxygens (including phenoxy) is 1. The third-order valence-corrected chi connectivity index (χ3v) is 6.84. The van der Waals surface area contributed by atoms with Gasteiger partial charge in [0.25, 0.3) is 11.8 Å². The Balaban J connectivity index is 1.30. The van der Waals surface area contributed by atoms with E-state index in [-0.39, 0.29) is 24.7 Å². The van der Waals surface area contributed by atoms with Crippen molar-refractivity contribution in [3.05, 3.63) is 53.6 Å². The first kappa shape index (κ1) is 22.6. The van der Waals surface area contributed by atoms with Crippen LogP contribution in [0.15, 0.2) is 42.5 Å². The molecule has 10 nitrogen and oxygen atoms in total. The number of rotatable bonds is 4. The number of hydrogen-bond donors (Lipinski definition) is 1. The van der Waals surface area contributed by atoms with Crippen LogP contribution in [0.2, 0.25) is 0 Å². The van der Waals surface area contributed by atoms with Gasteiger partial charge in [0.05, 0.1) is 11.3 Å². The smallest absolute Gasteiger partial charge is 0.354 e. The van der Waals surface area contributed by atoms with Crippen molar-refractivity contribution >= 4 is 46.7 Å². The molecule has 180 valence electrons. The highest BCUT2D eigenvalue weighted by atomic mass is 16.5. The van der Waals surface area contributed by atoms with E-state index in [4.69, 9.17) is 4.74 Å². The molecule has 3 aliphatic rings. The minimum absolute atomic E-state index is 0.0416. The van der Waals surface area contributed by atoms with Crippen molar-refractivity contribution in [1.82, 2.24) is 4.90 Å². The zero-order valence-electron chi connectivity index (χ0n) is 19.4. The highest BCUT2D eigenvalue weighted by Crippen LogP contribution is 2.44. The number of likely N-dealkylation sites (N-methyl/N-ethyl adjacent to an activating group) is 1. The molecular weight excluding hydrogens is 452 g/mol. The maximum atomic E-state index is 13.3. The molecule has 10 heteroatoms. The van der Waals surface area contributed by atoms with Gasteiger partial charge in [0.15, 0.2) is 6.61 Å². The second-order valence-electron chi connectivity index (χ2n) is 8.82. The van der Waals surface area contributed by atoms with Crippen molar-refractivity contribution in [3.63, 3.8) is 0 Å². The van der Waals surface area contributed by atoms with E-state index in [1.807, 2.05) is 0 Å². The number of carbonyl (C=O) groups is 5. The van der Waals surface area contributed by atoms with Gasteiger partial charge in [0.2, 0.25) is 17.5 Å². The lowest BCUT2D eigenvalue weighted by Crippen LogP contribution is -2.67. The maximum Gasteiger partial charge on any atom is 0.354 e. The molecule has 0 radical (unpaired) electrons. The topological polar surface area (TPSA) is 116 Å². The number of benzene rings is 2. The molecule has 1 saturated heterocycles. The molecule has 35 heavy (non-hydrogen) atoms. The van der Waals surface area contributed by atoms with Gasteiger partial charge in [-0.2, -0.15) is 0 Å². The number of carbonyl (C=O) groups excluding carboxylic acids is 5. The lowest BCUT2D eigenvalue weighted by molar-refractivity contribution is -0.158. The van der Waals surface area contributed by atoms with Crippen LogP contribution in [0.4, 0.5) is 17.1 Å². The number of amides is 4. The first-order valence-corrected chi connectivity index (χ1v) is 11.3. The Morgan fingerprint density at radius 1 is 1.06 bits per heavy atom. The van der Waals surface area contributed by atoms with E-state index < -0.39 is 30.1 Å². The van der Waals surface area contributed by atoms with E-state index in [2.05, 4.69) is 5.32 Å². The summed E-state index contributed by atoms with van der Waals surface area (Å²) in [5.74, 6) is -2.13. The summed E-state index contributed by atoms with van der Waals surface area (Å²) in [5.41, 5.74) is 1.33. The molecule has 1 atom stereocenters. The van der Waals surface area contributed by atoms with Crippen molar-refractivity contribution in [1.29, 1.82) is 0 Å². The fourth-order valence-corrected chi connectivity index (χ4v) is 5.14. The van der Waals surface area contributed by atoms with Crippen LogP contribution in [-0.4, -0.2) is 60.4 Å². The molecule has 3 aliphatic heterocycles. The molecule has 0 bridgehead atoms. The lowest BCUT2D eigenvalue weighted by Gasteiger charge is -2.46. The highest BCUT2D eigenvalue weighted by molar-refractivity contribution is 6.15. The summed E-state index contributed by atoms with van der Waals surface area (Å²) in [4.78, 5) is 67.5. The number of nitrogens with zero attached hydrogens (tertiary/aromatic N) is 3. The zero-order chi connectivity index (χ0) is 24.9. The Bertz CT molecular complexity index is 1290. The molecular formula is C25H24N4O6. The number of para-hydroxylation sites is 1. The van der Waals surface area contributed by atoms with Crippen LogP contribution < -0.4 is 15.1 Å². The monoisotopic (exact) mass is 476 g/mol. The summed E-state index contributed by atoms with van der Waals surface area (Å²) in [6.07, 6.45) is 0.821. The summed E-state index contributed by atoms with van der Waals surface area (Å²) in [5, 5.41) is 2.70. The number of nitrogens with one attached hydrogen (secondary N) is 1. The van der Waals surface area contributed by atoms with E-state index in [0.29, 0.717) is 29.9 Å². The van der Waals surface area contributed by atoms with Gasteiger partial charge in [-0.25, -0.2) is 4.79 Å². The minimum Gasteiger partial charge on any atom is -0.452 e. The lowest BCUT2D eigenvalue weighted by atomic mass is 9.97. The van der Waals surface area contributed by atoms with Crippen LogP contribution in [0.5, 0.6) is 0 Å². The van der Waals surface area contributed by atoms with Crippen molar-refractivity contribution < 1.29 is 28.7 Å². The number of fused-ring (bicyclic) bond motifs is 4. The van der Waals surface area contributed by atoms with Crippen molar-refractivity contribution in [2.24, 2.45) is 0 Å². The standard InChI is InChI=1S/C25H24N4O6/c1-15(30)28-12-10-16-13-17(7-8-19(16)28)26-21(31)14-35-24(34)25-11-9-22(32)29(25)20-6-4-3-5-18(20)23(33)27(25)2/h3-8,13H,9-12,14H2,1-2H3,(H,26,31). The molecule has 1 N–H and O–H groups in total. The second-order valence-corrected chi connectivity index (χ2v) is 8.82. The van der Waals surface area contributed by atoms with Crippen LogP contribution in [0, 0.1) is 0 Å². The summed E-state index contributed by atoms with van der Waals surface area (Å²) in [7, 11) is 1.46. The van der Waals surface area contributed by atoms with Crippen molar-refractivity contribution in [2.75, 3.05) is 35.3 Å². The maximum absolute atomic E-state index is 13.3. The Labute approximate surface area is 201 Å². The Morgan fingerprint density at radius 2 is 1.83 bits per heavy atom. The molecule has 0 saturated carbocycles. The molecule has 5 rings (SSSR count). The van der Waals surface area contributed by atoms with E-state index in [1.165, 1.54) is 23.8 Å². The number of esters is 1. The van der Waals surface area contributed by atoms with Crippen molar-refractivity contribution in [2.45, 2.75) is 31.8 Å². The first-order chi connectivity index (χ1) is 16.7. The summed E-state index contributed by atoms with van der Waals surface area (Å²) < 4.78 is 5.35. The zero-order valence-corrected chi connectivity index (χ0v) is 19.4. The minimum atomic E-state index is -1.63. The summed E-state index contributed by atoms with van der Waals surface area (Å²) in [6.45, 7) is 1.52. The van der Waals surface area contributed by atoms with Gasteiger partial charge in [0, 0.05) is 44.7 Å². The quantitative estimate of drug-likeness (QED) is 0.672. The van der Waals surface area contributed by atoms with Gasteiger partial charge in [-0.15, -0.1) is 0 Å². The molecule has 2 aromatic rings. The average molecular weight is 476 g/mol. The number of hydrogen-bond acceptors (Lipinski definition) is 6. The van der Waals surface area contributed by atoms with Gasteiger partial charge >= 0.3 is 5.97 Å². The second kappa shape index (κ2) is 8.23. The summed E-state index contributed by atoms with van der Waals surface area (Å²) in [6, 6.07) is 11.9. The average Bonchev–Trinajstić information content (AvgIpc) is 3.43. The molecule has 1 fully saturated rings. The predicted octanol–water partition coefficient (Wildman–Crippen LogP) is 1.69. The van der Waals surface area contributed by atoms with E-state index in [0.717, 1.165) is 11.3 Å². The fourth-order valence-electron chi connectivity index (χ4n) is 5.14. The van der Waals surface area contributed by atoms with E-state index in [1.54, 1.807) is 47.4 Å². The van der Waals surface area contributed by atoms with Crippen molar-refractivity contribution in [3.8, 4) is 0 Å². The Kier molecular flexibility index (Phi) is 5.31. The largest absolute Gasteiger partial charge is 0.452 e. The van der Waals surface area contributed by atoms with Gasteiger partial charge in [-0.3, -0.25) is 24.1 Å². The third kappa shape index (κ3) is 3.44. The van der Waals surface area contributed by atoms with Gasteiger partial charge < -0.3 is 19.9 Å². The summed E-state index contributed by atoms with van der Waals surface area (Å²) >= 11 is 0. The first-order valence-electron chi connectivity index (χ1n) is 11.3. The molecule has 0 aliphatic carbocycles. The number of anilines is 3. The van der Waals surface area contributed by atoms with Crippen LogP contribution >= 0.6 is 0 Å². The fraction of sp³-hybridized carbons (Fsp3) is 0.320. The highest BCUT2D eigenvalue weighted by Gasteiger charge is 2.60. The van der Waals surface area contributed by atoms with E-state index in [9.17, 15) is 24.0 Å². The van der Waals surface area contributed by atoms with Crippen LogP contribution in [0.3, 0.4) is 0 Å². The van der Waals surface area contributed by atoms with Crippen LogP contribution in [0.25, 0.3) is 0 Å². The Hall–Kier alpha value is -4.21. The molecule has 4 amide bonds. The third-order valence-electron chi connectivity index (χ3n) is 6.84. The molecule has 2 aromatic carbocycles. The SMILES string of the molecule is CC(=O)N1CCc2cc(NC(=O)COC(=O)C34CCC(=O)N3c3ccccc3C(=O)N4C)ccc21. The van der Waals surface area contributed by atoms with Gasteiger partial charge in [0.1, 0.15) is 0 Å². The Morgan fingerprint density at radius 3 is 2.60 bits per heavy atom. The van der Waals surface area contributed by atoms with Crippen LogP contribution in [-0.2, 0) is 30.3 Å². The predicted molar refractivity (Wildman–Crippen MR) is 126 cm³/mol. The van der Waals surface area contributed by atoms with Gasteiger partial charge in [-0.05, 0) is 42.3 Å². The van der Waals surface area contributed by atoms with E-state index >= 15 is 0 Å². The van der Waals surface area contributed by atoms with Gasteiger partial charge in [-0.1, -0.05) is 12.1 Å². The van der Waals surface area contributed by atoms with Crippen LogP contribution in [0.1, 0.15) is 35.7 Å².